The number of aryl methyl sites for hydroxylation is 2. The lowest BCUT2D eigenvalue weighted by Crippen LogP contribution is -2.33. The highest BCUT2D eigenvalue weighted by Gasteiger charge is 2.47. The normalized spacial score (nSPS) is 19.1. The molecule has 0 saturated carbocycles. The average molecular weight is 370 g/mol. The first kappa shape index (κ1) is 18.8. The van der Waals surface area contributed by atoms with E-state index in [9.17, 15) is 14.7 Å². The number of hydrogen-bond donors (Lipinski definition) is 1. The standard InChI is InChI=1S/C19H22N4O4/c1-11-14(12(2)22(3)21-11)17(24)15-16(13-7-5-6-8-20-13)23(9-10-27-4)19(26)18(15)25/h5-8,16,24H,9-10H2,1-4H3/b17-15+. The number of pyridine rings is 1. The van der Waals surface area contributed by atoms with E-state index < -0.39 is 17.7 Å². The zero-order valence-corrected chi connectivity index (χ0v) is 15.8. The van der Waals surface area contributed by atoms with E-state index in [-0.39, 0.29) is 24.5 Å². The molecular formula is C19H22N4O4. The van der Waals surface area contributed by atoms with Crippen molar-refractivity contribution < 1.29 is 19.4 Å². The number of ether oxygens (including phenoxy) is 1. The van der Waals surface area contributed by atoms with Gasteiger partial charge >= 0.3 is 0 Å². The van der Waals surface area contributed by atoms with Gasteiger partial charge in [0.15, 0.2) is 0 Å². The molecule has 142 valence electrons. The molecule has 1 saturated heterocycles. The summed E-state index contributed by atoms with van der Waals surface area (Å²) in [5, 5.41) is 15.3. The maximum absolute atomic E-state index is 12.8. The minimum absolute atomic E-state index is 0.0222. The van der Waals surface area contributed by atoms with Gasteiger partial charge in [-0.2, -0.15) is 5.10 Å². The molecule has 8 heteroatoms. The van der Waals surface area contributed by atoms with Crippen LogP contribution in [0.4, 0.5) is 0 Å². The number of carbonyl (C=O) groups excluding carboxylic acids is 2. The Hall–Kier alpha value is -3.00. The van der Waals surface area contributed by atoms with Crippen LogP contribution in [0.3, 0.4) is 0 Å². The van der Waals surface area contributed by atoms with E-state index in [4.69, 9.17) is 4.74 Å². The first-order valence-electron chi connectivity index (χ1n) is 8.57. The van der Waals surface area contributed by atoms with Gasteiger partial charge in [0.25, 0.3) is 11.7 Å². The summed E-state index contributed by atoms with van der Waals surface area (Å²) in [5.41, 5.74) is 2.27. The second-order valence-electron chi connectivity index (χ2n) is 6.41. The van der Waals surface area contributed by atoms with Crippen LogP contribution in [0, 0.1) is 13.8 Å². The number of rotatable bonds is 5. The number of hydrogen-bond acceptors (Lipinski definition) is 6. The Bertz CT molecular complexity index is 917. The monoisotopic (exact) mass is 370 g/mol. The first-order valence-corrected chi connectivity index (χ1v) is 8.57. The third-order valence-corrected chi connectivity index (χ3v) is 4.79. The number of carbonyl (C=O) groups is 2. The molecule has 1 aliphatic rings. The fourth-order valence-corrected chi connectivity index (χ4v) is 3.40. The minimum atomic E-state index is -0.777. The van der Waals surface area contributed by atoms with Gasteiger partial charge in [-0.1, -0.05) is 6.07 Å². The average Bonchev–Trinajstić information content (AvgIpc) is 3.06. The third-order valence-electron chi connectivity index (χ3n) is 4.79. The van der Waals surface area contributed by atoms with Gasteiger partial charge in [0, 0.05) is 32.6 Å². The molecule has 27 heavy (non-hydrogen) atoms. The van der Waals surface area contributed by atoms with E-state index in [0.29, 0.717) is 22.6 Å². The number of Topliss-reactive ketones (excluding diaryl/α,β-unsaturated/α-hetero) is 1. The topological polar surface area (TPSA) is 97.5 Å². The Balaban J connectivity index is 2.21. The number of aliphatic hydroxyl groups excluding tert-OH is 1. The summed E-state index contributed by atoms with van der Waals surface area (Å²) in [6, 6.07) is 4.48. The van der Waals surface area contributed by atoms with Crippen LogP contribution in [-0.4, -0.2) is 56.7 Å². The fraction of sp³-hybridized carbons (Fsp3) is 0.368. The van der Waals surface area contributed by atoms with Crippen LogP contribution in [0.5, 0.6) is 0 Å². The van der Waals surface area contributed by atoms with Crippen molar-refractivity contribution in [1.29, 1.82) is 0 Å². The molecule has 1 amide bonds. The van der Waals surface area contributed by atoms with Gasteiger partial charge in [-0.15, -0.1) is 0 Å². The summed E-state index contributed by atoms with van der Waals surface area (Å²) in [4.78, 5) is 31.1. The zero-order valence-electron chi connectivity index (χ0n) is 15.8. The van der Waals surface area contributed by atoms with Crippen molar-refractivity contribution in [2.24, 2.45) is 7.05 Å². The number of amides is 1. The summed E-state index contributed by atoms with van der Waals surface area (Å²) < 4.78 is 6.70. The van der Waals surface area contributed by atoms with E-state index in [2.05, 4.69) is 10.1 Å². The summed E-state index contributed by atoms with van der Waals surface area (Å²) in [7, 11) is 3.28. The maximum atomic E-state index is 12.8. The summed E-state index contributed by atoms with van der Waals surface area (Å²) >= 11 is 0. The summed E-state index contributed by atoms with van der Waals surface area (Å²) in [6.07, 6.45) is 1.59. The fourth-order valence-electron chi connectivity index (χ4n) is 3.40. The Morgan fingerprint density at radius 3 is 2.59 bits per heavy atom. The number of ketones is 1. The van der Waals surface area contributed by atoms with Crippen molar-refractivity contribution in [3.63, 3.8) is 0 Å². The SMILES string of the molecule is COCCN1C(=O)C(=O)/C(=C(/O)c2c(C)nn(C)c2C)C1c1ccccn1. The van der Waals surface area contributed by atoms with E-state index >= 15 is 0 Å². The molecule has 0 aromatic carbocycles. The van der Waals surface area contributed by atoms with E-state index in [1.54, 1.807) is 50.0 Å². The predicted octanol–water partition coefficient (Wildman–Crippen LogP) is 1.50. The Morgan fingerprint density at radius 1 is 1.30 bits per heavy atom. The number of methoxy groups -OCH3 is 1. The summed E-state index contributed by atoms with van der Waals surface area (Å²) in [6.45, 7) is 4.02. The second kappa shape index (κ2) is 7.32. The van der Waals surface area contributed by atoms with Crippen LogP contribution in [0.1, 0.15) is 28.7 Å². The van der Waals surface area contributed by atoms with Crippen molar-refractivity contribution in [3.05, 3.63) is 52.6 Å². The van der Waals surface area contributed by atoms with Crippen molar-refractivity contribution in [1.82, 2.24) is 19.7 Å². The van der Waals surface area contributed by atoms with Crippen LogP contribution < -0.4 is 0 Å². The molecule has 1 atom stereocenters. The molecule has 1 aliphatic heterocycles. The largest absolute Gasteiger partial charge is 0.507 e. The minimum Gasteiger partial charge on any atom is -0.507 e. The molecule has 2 aromatic rings. The molecule has 2 aromatic heterocycles. The molecule has 1 unspecified atom stereocenters. The zero-order chi connectivity index (χ0) is 19.7. The Labute approximate surface area is 157 Å². The van der Waals surface area contributed by atoms with Crippen LogP contribution in [0.25, 0.3) is 5.76 Å². The Kier molecular flexibility index (Phi) is 5.09. The van der Waals surface area contributed by atoms with Gasteiger partial charge in [0.05, 0.1) is 29.1 Å². The molecule has 8 nitrogen and oxygen atoms in total. The maximum Gasteiger partial charge on any atom is 0.295 e. The molecule has 0 radical (unpaired) electrons. The number of aromatic nitrogens is 3. The second-order valence-corrected chi connectivity index (χ2v) is 6.41. The highest BCUT2D eigenvalue weighted by molar-refractivity contribution is 6.46. The third kappa shape index (κ3) is 3.12. The smallest absolute Gasteiger partial charge is 0.295 e. The van der Waals surface area contributed by atoms with Gasteiger partial charge in [0.1, 0.15) is 11.8 Å². The molecule has 1 fully saturated rings. The highest BCUT2D eigenvalue weighted by atomic mass is 16.5. The van der Waals surface area contributed by atoms with Crippen LogP contribution >= 0.6 is 0 Å². The van der Waals surface area contributed by atoms with Crippen LogP contribution in [0.15, 0.2) is 30.0 Å². The molecule has 0 aliphatic carbocycles. The molecule has 1 N–H and O–H groups in total. The number of likely N-dealkylation sites (tertiary alicyclic amines) is 1. The van der Waals surface area contributed by atoms with Gasteiger partial charge in [-0.3, -0.25) is 19.3 Å². The van der Waals surface area contributed by atoms with Gasteiger partial charge in [-0.05, 0) is 26.0 Å². The molecule has 3 heterocycles. The van der Waals surface area contributed by atoms with Gasteiger partial charge < -0.3 is 14.7 Å². The lowest BCUT2D eigenvalue weighted by Gasteiger charge is -2.24. The first-order chi connectivity index (χ1) is 12.9. The molecule has 0 spiro atoms. The molecule has 0 bridgehead atoms. The van der Waals surface area contributed by atoms with Crippen LogP contribution in [0.2, 0.25) is 0 Å². The lowest BCUT2D eigenvalue weighted by atomic mass is 9.97. The molecular weight excluding hydrogens is 348 g/mol. The Morgan fingerprint density at radius 2 is 2.04 bits per heavy atom. The van der Waals surface area contributed by atoms with Crippen molar-refractivity contribution in [3.8, 4) is 0 Å². The number of aliphatic hydroxyl groups is 1. The van der Waals surface area contributed by atoms with E-state index in [0.717, 1.165) is 0 Å². The number of nitrogens with zero attached hydrogens (tertiary/aromatic N) is 4. The van der Waals surface area contributed by atoms with Crippen molar-refractivity contribution >= 4 is 17.4 Å². The van der Waals surface area contributed by atoms with Gasteiger partial charge in [-0.25, -0.2) is 0 Å². The lowest BCUT2D eigenvalue weighted by molar-refractivity contribution is -0.140. The highest BCUT2D eigenvalue weighted by Crippen LogP contribution is 2.39. The van der Waals surface area contributed by atoms with Crippen LogP contribution in [-0.2, 0) is 21.4 Å². The van der Waals surface area contributed by atoms with E-state index in [1.165, 1.54) is 12.0 Å². The quantitative estimate of drug-likeness (QED) is 0.487. The summed E-state index contributed by atoms with van der Waals surface area (Å²) in [5.74, 6) is -1.64. The van der Waals surface area contributed by atoms with Crippen molar-refractivity contribution in [2.45, 2.75) is 19.9 Å². The molecule has 3 rings (SSSR count). The van der Waals surface area contributed by atoms with Gasteiger partial charge in [0.2, 0.25) is 0 Å². The predicted molar refractivity (Wildman–Crippen MR) is 97.8 cm³/mol. The van der Waals surface area contributed by atoms with Crippen molar-refractivity contribution in [2.75, 3.05) is 20.3 Å². The van der Waals surface area contributed by atoms with E-state index in [1.807, 2.05) is 0 Å².